The third kappa shape index (κ3) is 2.86. The molecule has 1 saturated heterocycles. The van der Waals surface area contributed by atoms with E-state index in [2.05, 4.69) is 40.7 Å². The monoisotopic (exact) mass is 276 g/mol. The van der Waals surface area contributed by atoms with E-state index in [4.69, 9.17) is 14.0 Å². The maximum absolute atomic E-state index is 6.11. The van der Waals surface area contributed by atoms with Crippen LogP contribution in [-0.4, -0.2) is 25.4 Å². The Bertz CT molecular complexity index is 455. The molecule has 0 amide bonds. The summed E-state index contributed by atoms with van der Waals surface area (Å²) in [6, 6.07) is 8.11. The van der Waals surface area contributed by atoms with E-state index in [1.54, 1.807) is 7.11 Å². The van der Waals surface area contributed by atoms with Crippen LogP contribution in [0.2, 0.25) is 5.82 Å². The minimum atomic E-state index is -0.271. The summed E-state index contributed by atoms with van der Waals surface area (Å²) < 4.78 is 17.6. The van der Waals surface area contributed by atoms with Crippen molar-refractivity contribution in [3.8, 4) is 5.75 Å². The van der Waals surface area contributed by atoms with Crippen molar-refractivity contribution in [3.05, 3.63) is 29.8 Å². The van der Waals surface area contributed by atoms with E-state index in [9.17, 15) is 0 Å². The van der Waals surface area contributed by atoms with E-state index in [0.29, 0.717) is 0 Å². The van der Waals surface area contributed by atoms with Crippen LogP contribution in [0.5, 0.6) is 5.75 Å². The van der Waals surface area contributed by atoms with Crippen LogP contribution < -0.4 is 4.74 Å². The molecule has 1 fully saturated rings. The lowest BCUT2D eigenvalue weighted by molar-refractivity contribution is 0.00578. The van der Waals surface area contributed by atoms with Crippen molar-refractivity contribution in [1.82, 2.24) is 0 Å². The number of methoxy groups -OCH3 is 1. The molecule has 1 heterocycles. The lowest BCUT2D eigenvalue weighted by Gasteiger charge is -2.32. The van der Waals surface area contributed by atoms with Crippen molar-refractivity contribution < 1.29 is 14.0 Å². The predicted molar refractivity (Wildman–Crippen MR) is 82.2 cm³/mol. The summed E-state index contributed by atoms with van der Waals surface area (Å²) in [5.41, 5.74) is 0.650. The van der Waals surface area contributed by atoms with Gasteiger partial charge in [-0.3, -0.25) is 0 Å². The molecule has 0 radical (unpaired) electrons. The highest BCUT2D eigenvalue weighted by molar-refractivity contribution is 6.47. The molecule has 110 valence electrons. The molecule has 1 unspecified atom stereocenters. The molecule has 0 aliphatic carbocycles. The van der Waals surface area contributed by atoms with Crippen molar-refractivity contribution in [1.29, 1.82) is 0 Å². The van der Waals surface area contributed by atoms with Crippen LogP contribution in [0.4, 0.5) is 0 Å². The van der Waals surface area contributed by atoms with Crippen LogP contribution in [-0.2, 0) is 15.7 Å². The normalized spacial score (nSPS) is 21.8. The quantitative estimate of drug-likeness (QED) is 0.784. The number of benzene rings is 1. The SMILES string of the molecule is COc1ccccc1CC(C)B1OC(C)(C)C(C)(C)O1. The van der Waals surface area contributed by atoms with Gasteiger partial charge in [-0.2, -0.15) is 0 Å². The predicted octanol–water partition coefficient (Wildman–Crippen LogP) is 3.72. The maximum Gasteiger partial charge on any atom is 0.461 e. The van der Waals surface area contributed by atoms with Gasteiger partial charge >= 0.3 is 7.12 Å². The molecule has 1 aromatic rings. The number of rotatable bonds is 4. The molecule has 0 spiro atoms. The van der Waals surface area contributed by atoms with Gasteiger partial charge in [0.2, 0.25) is 0 Å². The second-order valence-corrected chi connectivity index (χ2v) is 6.62. The topological polar surface area (TPSA) is 27.7 Å². The van der Waals surface area contributed by atoms with Crippen LogP contribution >= 0.6 is 0 Å². The first-order valence-corrected chi connectivity index (χ1v) is 7.24. The zero-order chi connectivity index (χ0) is 15.0. The molecule has 0 aromatic heterocycles. The van der Waals surface area contributed by atoms with Gasteiger partial charge in [-0.1, -0.05) is 25.1 Å². The first-order chi connectivity index (χ1) is 9.27. The van der Waals surface area contributed by atoms with Gasteiger partial charge in [0.1, 0.15) is 5.75 Å². The Morgan fingerprint density at radius 3 is 2.20 bits per heavy atom. The minimum Gasteiger partial charge on any atom is -0.496 e. The molecule has 0 saturated carbocycles. The highest BCUT2D eigenvalue weighted by Crippen LogP contribution is 2.41. The van der Waals surface area contributed by atoms with Gasteiger partial charge in [0.25, 0.3) is 0 Å². The van der Waals surface area contributed by atoms with Gasteiger partial charge in [-0.25, -0.2) is 0 Å². The lowest BCUT2D eigenvalue weighted by atomic mass is 9.70. The van der Waals surface area contributed by atoms with Crippen LogP contribution in [0.25, 0.3) is 0 Å². The number of para-hydroxylation sites is 1. The van der Waals surface area contributed by atoms with E-state index in [1.165, 1.54) is 5.56 Å². The van der Waals surface area contributed by atoms with Crippen molar-refractivity contribution >= 4 is 7.12 Å². The molecule has 1 atom stereocenters. The van der Waals surface area contributed by atoms with Gasteiger partial charge in [-0.15, -0.1) is 0 Å². The molecule has 20 heavy (non-hydrogen) atoms. The molecular formula is C16H25BO3. The Kier molecular flexibility index (Phi) is 4.17. The van der Waals surface area contributed by atoms with E-state index in [-0.39, 0.29) is 24.1 Å². The molecule has 4 heteroatoms. The third-order valence-electron chi connectivity index (χ3n) is 4.47. The fourth-order valence-corrected chi connectivity index (χ4v) is 2.44. The lowest BCUT2D eigenvalue weighted by Crippen LogP contribution is -2.41. The van der Waals surface area contributed by atoms with E-state index >= 15 is 0 Å². The van der Waals surface area contributed by atoms with Gasteiger partial charge in [-0.05, 0) is 51.6 Å². The van der Waals surface area contributed by atoms with Crippen LogP contribution in [0.15, 0.2) is 24.3 Å². The zero-order valence-electron chi connectivity index (χ0n) is 13.4. The Morgan fingerprint density at radius 1 is 1.10 bits per heavy atom. The fraction of sp³-hybridized carbons (Fsp3) is 0.625. The van der Waals surface area contributed by atoms with Crippen molar-refractivity contribution in [2.45, 2.75) is 58.1 Å². The largest absolute Gasteiger partial charge is 0.496 e. The first kappa shape index (κ1) is 15.4. The minimum absolute atomic E-state index is 0.176. The highest BCUT2D eigenvalue weighted by atomic mass is 16.7. The van der Waals surface area contributed by atoms with Crippen molar-refractivity contribution in [2.75, 3.05) is 7.11 Å². The Labute approximate surface area is 122 Å². The van der Waals surface area contributed by atoms with E-state index < -0.39 is 0 Å². The van der Waals surface area contributed by atoms with E-state index in [1.807, 2.05) is 18.2 Å². The standard InChI is InChI=1S/C16H25BO3/c1-12(11-13-9-7-8-10-14(13)18-6)17-19-15(2,3)16(4,5)20-17/h7-10,12H,11H2,1-6H3. The molecule has 1 aliphatic heterocycles. The number of ether oxygens (including phenoxy) is 1. The average molecular weight is 276 g/mol. The first-order valence-electron chi connectivity index (χ1n) is 7.24. The van der Waals surface area contributed by atoms with Gasteiger partial charge in [0.05, 0.1) is 18.3 Å². The number of hydrogen-bond acceptors (Lipinski definition) is 3. The van der Waals surface area contributed by atoms with E-state index in [0.717, 1.165) is 12.2 Å². The summed E-state index contributed by atoms with van der Waals surface area (Å²) in [6.07, 6.45) is 0.876. The zero-order valence-corrected chi connectivity index (χ0v) is 13.4. The van der Waals surface area contributed by atoms with Gasteiger partial charge in [0.15, 0.2) is 0 Å². The molecule has 1 aromatic carbocycles. The second-order valence-electron chi connectivity index (χ2n) is 6.62. The van der Waals surface area contributed by atoms with Crippen LogP contribution in [0.1, 0.15) is 40.2 Å². The molecule has 3 nitrogen and oxygen atoms in total. The van der Waals surface area contributed by atoms with Gasteiger partial charge < -0.3 is 14.0 Å². The second kappa shape index (κ2) is 5.42. The fourth-order valence-electron chi connectivity index (χ4n) is 2.44. The third-order valence-corrected chi connectivity index (χ3v) is 4.47. The summed E-state index contributed by atoms with van der Waals surface area (Å²) in [4.78, 5) is 0. The number of hydrogen-bond donors (Lipinski definition) is 0. The summed E-state index contributed by atoms with van der Waals surface area (Å²) >= 11 is 0. The maximum atomic E-state index is 6.11. The summed E-state index contributed by atoms with van der Waals surface area (Å²) in [6.45, 7) is 10.5. The summed E-state index contributed by atoms with van der Waals surface area (Å²) in [5.74, 6) is 1.20. The summed E-state index contributed by atoms with van der Waals surface area (Å²) in [5, 5.41) is 0. The molecule has 0 N–H and O–H groups in total. The van der Waals surface area contributed by atoms with Crippen LogP contribution in [0.3, 0.4) is 0 Å². The summed E-state index contributed by atoms with van der Waals surface area (Å²) in [7, 11) is 1.53. The van der Waals surface area contributed by atoms with Gasteiger partial charge in [0, 0.05) is 0 Å². The Morgan fingerprint density at radius 2 is 1.65 bits per heavy atom. The smallest absolute Gasteiger partial charge is 0.461 e. The molecular weight excluding hydrogens is 251 g/mol. The Hall–Kier alpha value is -0.995. The molecule has 0 bridgehead atoms. The molecule has 2 rings (SSSR count). The van der Waals surface area contributed by atoms with Crippen LogP contribution in [0, 0.1) is 0 Å². The molecule has 1 aliphatic rings. The Balaban J connectivity index is 2.08. The average Bonchev–Trinajstić information content (AvgIpc) is 2.59. The van der Waals surface area contributed by atoms with Crippen molar-refractivity contribution in [2.24, 2.45) is 0 Å². The highest BCUT2D eigenvalue weighted by Gasteiger charge is 2.52. The van der Waals surface area contributed by atoms with Crippen molar-refractivity contribution in [3.63, 3.8) is 0 Å².